The number of esters is 1. The summed E-state index contributed by atoms with van der Waals surface area (Å²) in [6.07, 6.45) is 0.316. The number of rotatable bonds is 5. The zero-order valence-corrected chi connectivity index (χ0v) is 9.50. The third kappa shape index (κ3) is 3.98. The predicted molar refractivity (Wildman–Crippen MR) is 59.5 cm³/mol. The van der Waals surface area contributed by atoms with Gasteiger partial charge in [0.1, 0.15) is 5.82 Å². The van der Waals surface area contributed by atoms with Gasteiger partial charge in [-0.3, -0.25) is 4.79 Å². The molecule has 0 aliphatic carbocycles. The third-order valence-electron chi connectivity index (χ3n) is 2.36. The second kappa shape index (κ2) is 6.23. The molecule has 3 nitrogen and oxygen atoms in total. The first kappa shape index (κ1) is 12.6. The van der Waals surface area contributed by atoms with Crippen molar-refractivity contribution >= 4 is 5.97 Å². The Morgan fingerprint density at radius 1 is 1.56 bits per heavy atom. The van der Waals surface area contributed by atoms with Crippen molar-refractivity contribution in [2.45, 2.75) is 19.4 Å². The van der Waals surface area contributed by atoms with Crippen LogP contribution in [0.5, 0.6) is 0 Å². The van der Waals surface area contributed by atoms with Crippen molar-refractivity contribution in [3.05, 3.63) is 35.6 Å². The molecular weight excluding hydrogens is 209 g/mol. The minimum atomic E-state index is -0.251. The summed E-state index contributed by atoms with van der Waals surface area (Å²) in [6.45, 7) is 2.44. The van der Waals surface area contributed by atoms with Gasteiger partial charge >= 0.3 is 5.97 Å². The molecule has 0 bridgehead atoms. The van der Waals surface area contributed by atoms with Crippen LogP contribution in [-0.4, -0.2) is 19.6 Å². The summed E-state index contributed by atoms with van der Waals surface area (Å²) in [5.74, 6) is -0.502. The van der Waals surface area contributed by atoms with Crippen molar-refractivity contribution in [1.29, 1.82) is 0 Å². The van der Waals surface area contributed by atoms with Crippen LogP contribution in [0.2, 0.25) is 0 Å². The largest absolute Gasteiger partial charge is 0.469 e. The summed E-state index contributed by atoms with van der Waals surface area (Å²) >= 11 is 0. The number of carbonyl (C=O) groups excluding carboxylic acids is 1. The first-order valence-electron chi connectivity index (χ1n) is 5.19. The maximum Gasteiger partial charge on any atom is 0.306 e. The van der Waals surface area contributed by atoms with Crippen molar-refractivity contribution < 1.29 is 13.9 Å². The lowest BCUT2D eigenvalue weighted by atomic mass is 10.1. The van der Waals surface area contributed by atoms with E-state index in [0.717, 1.165) is 5.56 Å². The highest BCUT2D eigenvalue weighted by Gasteiger charge is 2.06. The Hall–Kier alpha value is -1.42. The van der Waals surface area contributed by atoms with Gasteiger partial charge in [-0.1, -0.05) is 12.1 Å². The summed E-state index contributed by atoms with van der Waals surface area (Å²) in [5, 5.41) is 3.12. The molecule has 1 aromatic rings. The Bertz CT molecular complexity index is 355. The summed E-state index contributed by atoms with van der Waals surface area (Å²) in [7, 11) is 1.36. The predicted octanol–water partition coefficient (Wildman–Crippen LogP) is 2.04. The minimum Gasteiger partial charge on any atom is -0.469 e. The van der Waals surface area contributed by atoms with Crippen molar-refractivity contribution in [3.8, 4) is 0 Å². The fraction of sp³-hybridized carbons (Fsp3) is 0.417. The quantitative estimate of drug-likeness (QED) is 0.779. The van der Waals surface area contributed by atoms with Gasteiger partial charge in [0.05, 0.1) is 13.5 Å². The Morgan fingerprint density at radius 3 is 2.94 bits per heavy atom. The first-order chi connectivity index (χ1) is 7.63. The van der Waals surface area contributed by atoms with Gasteiger partial charge in [0, 0.05) is 12.6 Å². The van der Waals surface area contributed by atoms with E-state index < -0.39 is 0 Å². The number of methoxy groups -OCH3 is 1. The van der Waals surface area contributed by atoms with Crippen molar-refractivity contribution in [2.24, 2.45) is 0 Å². The van der Waals surface area contributed by atoms with Gasteiger partial charge in [0.25, 0.3) is 0 Å². The van der Waals surface area contributed by atoms with Crippen LogP contribution in [-0.2, 0) is 9.53 Å². The Morgan fingerprint density at radius 2 is 2.31 bits per heavy atom. The van der Waals surface area contributed by atoms with Crippen LogP contribution in [0.25, 0.3) is 0 Å². The molecule has 4 heteroatoms. The molecule has 1 N–H and O–H groups in total. The van der Waals surface area contributed by atoms with E-state index in [4.69, 9.17) is 0 Å². The molecular formula is C12H16FNO2. The number of nitrogens with one attached hydrogen (secondary N) is 1. The van der Waals surface area contributed by atoms with Crippen LogP contribution in [0.4, 0.5) is 4.39 Å². The molecule has 0 aliphatic rings. The molecule has 0 saturated heterocycles. The normalized spacial score (nSPS) is 12.2. The van der Waals surface area contributed by atoms with Crippen LogP contribution in [0.1, 0.15) is 24.9 Å². The zero-order valence-electron chi connectivity index (χ0n) is 9.50. The second-order valence-electron chi connectivity index (χ2n) is 3.56. The summed E-state index contributed by atoms with van der Waals surface area (Å²) in [6, 6.07) is 6.42. The van der Waals surface area contributed by atoms with Crippen molar-refractivity contribution in [2.75, 3.05) is 13.7 Å². The lowest BCUT2D eigenvalue weighted by molar-refractivity contribution is -0.140. The Labute approximate surface area is 94.6 Å². The number of carbonyl (C=O) groups is 1. The minimum absolute atomic E-state index is 0.0142. The average molecular weight is 225 g/mol. The summed E-state index contributed by atoms with van der Waals surface area (Å²) < 4.78 is 17.4. The molecule has 1 aromatic carbocycles. The highest BCUT2D eigenvalue weighted by atomic mass is 19.1. The molecule has 1 atom stereocenters. The molecule has 0 radical (unpaired) electrons. The molecule has 0 spiro atoms. The third-order valence-corrected chi connectivity index (χ3v) is 2.36. The highest BCUT2D eigenvalue weighted by molar-refractivity contribution is 5.69. The molecule has 0 unspecified atom stereocenters. The van der Waals surface area contributed by atoms with E-state index in [1.54, 1.807) is 6.07 Å². The van der Waals surface area contributed by atoms with Gasteiger partial charge in [-0.15, -0.1) is 0 Å². The molecule has 16 heavy (non-hydrogen) atoms. The standard InChI is InChI=1S/C12H16FNO2/c1-9(14-7-6-12(15)16-2)10-4-3-5-11(13)8-10/h3-5,8-9,14H,6-7H2,1-2H3/t9-/m1/s1. The van der Waals surface area contributed by atoms with Gasteiger partial charge in [0.15, 0.2) is 0 Å². The lowest BCUT2D eigenvalue weighted by Gasteiger charge is -2.13. The molecule has 0 amide bonds. The SMILES string of the molecule is COC(=O)CCN[C@H](C)c1cccc(F)c1. The van der Waals surface area contributed by atoms with E-state index in [9.17, 15) is 9.18 Å². The molecule has 0 aliphatic heterocycles. The lowest BCUT2D eigenvalue weighted by Crippen LogP contribution is -2.22. The van der Waals surface area contributed by atoms with E-state index >= 15 is 0 Å². The number of hydrogen-bond donors (Lipinski definition) is 1. The Kier molecular flexibility index (Phi) is 4.92. The Balaban J connectivity index is 2.40. The van der Waals surface area contributed by atoms with Gasteiger partial charge < -0.3 is 10.1 Å². The number of benzene rings is 1. The maximum absolute atomic E-state index is 12.9. The average Bonchev–Trinajstić information content (AvgIpc) is 2.28. The van der Waals surface area contributed by atoms with E-state index in [0.29, 0.717) is 13.0 Å². The maximum atomic E-state index is 12.9. The van der Waals surface area contributed by atoms with E-state index in [1.807, 2.05) is 13.0 Å². The van der Waals surface area contributed by atoms with Gasteiger partial charge in [0.2, 0.25) is 0 Å². The zero-order chi connectivity index (χ0) is 12.0. The molecule has 0 aromatic heterocycles. The fourth-order valence-corrected chi connectivity index (χ4v) is 1.39. The number of ether oxygens (including phenoxy) is 1. The topological polar surface area (TPSA) is 38.3 Å². The van der Waals surface area contributed by atoms with Crippen LogP contribution in [0, 0.1) is 5.82 Å². The summed E-state index contributed by atoms with van der Waals surface area (Å²) in [4.78, 5) is 10.9. The van der Waals surface area contributed by atoms with Crippen LogP contribution in [0.15, 0.2) is 24.3 Å². The van der Waals surface area contributed by atoms with E-state index in [2.05, 4.69) is 10.1 Å². The van der Waals surface area contributed by atoms with Crippen molar-refractivity contribution in [1.82, 2.24) is 5.32 Å². The van der Waals surface area contributed by atoms with Gasteiger partial charge in [-0.05, 0) is 24.6 Å². The van der Waals surface area contributed by atoms with E-state index in [1.165, 1.54) is 19.2 Å². The number of hydrogen-bond acceptors (Lipinski definition) is 3. The number of halogens is 1. The molecule has 88 valence electrons. The van der Waals surface area contributed by atoms with Crippen LogP contribution in [0.3, 0.4) is 0 Å². The smallest absolute Gasteiger partial charge is 0.306 e. The molecule has 0 heterocycles. The second-order valence-corrected chi connectivity index (χ2v) is 3.56. The van der Waals surface area contributed by atoms with Crippen LogP contribution >= 0.6 is 0 Å². The molecule has 0 fully saturated rings. The van der Waals surface area contributed by atoms with Crippen LogP contribution < -0.4 is 5.32 Å². The van der Waals surface area contributed by atoms with Gasteiger partial charge in [-0.25, -0.2) is 4.39 Å². The van der Waals surface area contributed by atoms with Gasteiger partial charge in [-0.2, -0.15) is 0 Å². The van der Waals surface area contributed by atoms with E-state index in [-0.39, 0.29) is 17.8 Å². The molecule has 1 rings (SSSR count). The fourth-order valence-electron chi connectivity index (χ4n) is 1.39. The highest BCUT2D eigenvalue weighted by Crippen LogP contribution is 2.13. The van der Waals surface area contributed by atoms with Crippen molar-refractivity contribution in [3.63, 3.8) is 0 Å². The summed E-state index contributed by atoms with van der Waals surface area (Å²) in [5.41, 5.74) is 0.866. The monoisotopic (exact) mass is 225 g/mol. The molecule has 0 saturated carbocycles. The first-order valence-corrected chi connectivity index (χ1v) is 5.19.